The molecule has 0 radical (unpaired) electrons. The first-order valence-corrected chi connectivity index (χ1v) is 7.64. The molecule has 0 unspecified atom stereocenters. The van der Waals surface area contributed by atoms with Gasteiger partial charge in [-0.1, -0.05) is 6.07 Å². The van der Waals surface area contributed by atoms with Gasteiger partial charge >= 0.3 is 0 Å². The summed E-state index contributed by atoms with van der Waals surface area (Å²) < 4.78 is 28.4. The fourth-order valence-electron chi connectivity index (χ4n) is 1.65. The molecule has 1 aromatic rings. The smallest absolute Gasteiger partial charge is 0.177 e. The molecule has 0 spiro atoms. The Kier molecular flexibility index (Phi) is 4.98. The summed E-state index contributed by atoms with van der Waals surface area (Å²) in [5, 5.41) is 0. The van der Waals surface area contributed by atoms with Crippen LogP contribution in [0.1, 0.15) is 6.92 Å². The van der Waals surface area contributed by atoms with E-state index in [-0.39, 0.29) is 4.90 Å². The van der Waals surface area contributed by atoms with Gasteiger partial charge in [0.05, 0.1) is 22.9 Å². The highest BCUT2D eigenvalue weighted by Crippen LogP contribution is 2.28. The van der Waals surface area contributed by atoms with E-state index in [1.807, 2.05) is 18.9 Å². The first-order valence-electron chi connectivity index (χ1n) is 5.75. The molecule has 0 aliphatic carbocycles. The van der Waals surface area contributed by atoms with Crippen molar-refractivity contribution in [1.29, 1.82) is 0 Å². The minimum absolute atomic E-state index is 0.170. The third-order valence-electron chi connectivity index (χ3n) is 2.63. The van der Waals surface area contributed by atoms with Gasteiger partial charge in [-0.05, 0) is 19.1 Å². The number of sulfone groups is 1. The summed E-state index contributed by atoms with van der Waals surface area (Å²) in [6, 6.07) is 5.01. The molecule has 18 heavy (non-hydrogen) atoms. The summed E-state index contributed by atoms with van der Waals surface area (Å²) in [6.45, 7) is 3.83. The highest BCUT2D eigenvalue weighted by Gasteiger charge is 2.15. The molecule has 0 saturated heterocycles. The Bertz CT molecular complexity index is 500. The summed E-state index contributed by atoms with van der Waals surface area (Å²) in [6.07, 6.45) is 1.16. The van der Waals surface area contributed by atoms with Crippen LogP contribution < -0.4 is 10.6 Å². The predicted octanol–water partition coefficient (Wildman–Crippen LogP) is 1.15. The maximum Gasteiger partial charge on any atom is 0.177 e. The fraction of sp³-hybridized carbons (Fsp3) is 0.500. The fourth-order valence-corrected chi connectivity index (χ4v) is 2.48. The number of likely N-dealkylation sites (N-methyl/N-ethyl adjacent to an activating group) is 1. The molecule has 2 N–H and O–H groups in total. The Balaban J connectivity index is 2.97. The minimum Gasteiger partial charge on any atom is -0.396 e. The Hall–Kier alpha value is -1.27. The quantitative estimate of drug-likeness (QED) is 0.621. The van der Waals surface area contributed by atoms with E-state index in [1.54, 1.807) is 12.1 Å². The molecule has 0 saturated carbocycles. The van der Waals surface area contributed by atoms with Crippen molar-refractivity contribution in [3.8, 4) is 0 Å². The van der Waals surface area contributed by atoms with Gasteiger partial charge in [-0.15, -0.1) is 0 Å². The van der Waals surface area contributed by atoms with Crippen molar-refractivity contribution in [1.82, 2.24) is 0 Å². The van der Waals surface area contributed by atoms with E-state index >= 15 is 0 Å². The Labute approximate surface area is 108 Å². The molecule has 0 bridgehead atoms. The first-order chi connectivity index (χ1) is 8.38. The minimum atomic E-state index is -3.30. The monoisotopic (exact) mass is 272 g/mol. The molecule has 0 fully saturated rings. The summed E-state index contributed by atoms with van der Waals surface area (Å²) in [5.74, 6) is 0. The van der Waals surface area contributed by atoms with Crippen molar-refractivity contribution < 1.29 is 13.2 Å². The van der Waals surface area contributed by atoms with Crippen LogP contribution in [0.5, 0.6) is 0 Å². The predicted molar refractivity (Wildman–Crippen MR) is 73.7 cm³/mol. The van der Waals surface area contributed by atoms with Gasteiger partial charge in [-0.2, -0.15) is 0 Å². The third kappa shape index (κ3) is 3.61. The van der Waals surface area contributed by atoms with Gasteiger partial charge in [0, 0.05) is 26.5 Å². The lowest BCUT2D eigenvalue weighted by atomic mass is 10.2. The van der Waals surface area contributed by atoms with E-state index in [0.29, 0.717) is 31.1 Å². The van der Waals surface area contributed by atoms with Crippen molar-refractivity contribution in [3.05, 3.63) is 18.2 Å². The third-order valence-corrected chi connectivity index (χ3v) is 3.78. The van der Waals surface area contributed by atoms with Crippen LogP contribution >= 0.6 is 0 Å². The van der Waals surface area contributed by atoms with Crippen LogP contribution in [0, 0.1) is 0 Å². The molecule has 5 nitrogen and oxygen atoms in total. The number of ether oxygens (including phenoxy) is 1. The molecule has 1 aromatic carbocycles. The highest BCUT2D eigenvalue weighted by atomic mass is 32.2. The summed E-state index contributed by atoms with van der Waals surface area (Å²) in [4.78, 5) is 2.06. The molecule has 0 aromatic heterocycles. The zero-order chi connectivity index (χ0) is 13.8. The van der Waals surface area contributed by atoms with Crippen LogP contribution in [-0.4, -0.2) is 41.5 Å². The van der Waals surface area contributed by atoms with Crippen LogP contribution in [0.4, 0.5) is 11.4 Å². The zero-order valence-electron chi connectivity index (χ0n) is 11.0. The van der Waals surface area contributed by atoms with Crippen molar-refractivity contribution in [3.63, 3.8) is 0 Å². The second-order valence-corrected chi connectivity index (χ2v) is 6.06. The molecule has 0 aliphatic rings. The number of hydrogen-bond acceptors (Lipinski definition) is 5. The Morgan fingerprint density at radius 2 is 2.06 bits per heavy atom. The van der Waals surface area contributed by atoms with Crippen LogP contribution in [0.3, 0.4) is 0 Å². The molecular weight excluding hydrogens is 252 g/mol. The second-order valence-electron chi connectivity index (χ2n) is 4.08. The number of nitrogens with two attached hydrogens (primary N) is 1. The first kappa shape index (κ1) is 14.8. The molecule has 102 valence electrons. The average molecular weight is 272 g/mol. The molecule has 0 aliphatic heterocycles. The lowest BCUT2D eigenvalue weighted by Crippen LogP contribution is -2.24. The molecule has 0 atom stereocenters. The number of hydrogen-bond donors (Lipinski definition) is 1. The van der Waals surface area contributed by atoms with E-state index in [0.717, 1.165) is 6.26 Å². The topological polar surface area (TPSA) is 72.6 Å². The van der Waals surface area contributed by atoms with E-state index in [9.17, 15) is 8.42 Å². The summed E-state index contributed by atoms with van der Waals surface area (Å²) in [5.41, 5.74) is 6.91. The zero-order valence-corrected chi connectivity index (χ0v) is 11.8. The van der Waals surface area contributed by atoms with Crippen molar-refractivity contribution >= 4 is 21.2 Å². The van der Waals surface area contributed by atoms with Crippen LogP contribution in [0.15, 0.2) is 23.1 Å². The van der Waals surface area contributed by atoms with Crippen LogP contribution in [0.2, 0.25) is 0 Å². The molecule has 0 amide bonds. The van der Waals surface area contributed by atoms with Gasteiger partial charge in [-0.25, -0.2) is 8.42 Å². The normalized spacial score (nSPS) is 11.5. The maximum atomic E-state index is 11.6. The van der Waals surface area contributed by atoms with Gasteiger partial charge in [0.2, 0.25) is 0 Å². The second kappa shape index (κ2) is 6.06. The van der Waals surface area contributed by atoms with E-state index < -0.39 is 9.84 Å². The van der Waals surface area contributed by atoms with Crippen LogP contribution in [-0.2, 0) is 14.6 Å². The molecular formula is C12H20N2O3S. The SMILES string of the molecule is CCOCCN(C)c1cccc(S(C)(=O)=O)c1N. The van der Waals surface area contributed by atoms with Crippen molar-refractivity contribution in [2.24, 2.45) is 0 Å². The van der Waals surface area contributed by atoms with Crippen molar-refractivity contribution in [2.45, 2.75) is 11.8 Å². The molecule has 0 heterocycles. The van der Waals surface area contributed by atoms with Gasteiger partial charge in [-0.3, -0.25) is 0 Å². The lowest BCUT2D eigenvalue weighted by Gasteiger charge is -2.22. The largest absolute Gasteiger partial charge is 0.396 e. The molecule has 1 rings (SSSR count). The standard InChI is InChI=1S/C12H20N2O3S/c1-4-17-9-8-14(2)10-6-5-7-11(12(10)13)18(3,15)16/h5-7H,4,8-9,13H2,1-3H3. The highest BCUT2D eigenvalue weighted by molar-refractivity contribution is 7.90. The van der Waals surface area contributed by atoms with Gasteiger partial charge in [0.15, 0.2) is 9.84 Å². The number of benzene rings is 1. The van der Waals surface area contributed by atoms with E-state index in [4.69, 9.17) is 10.5 Å². The number of anilines is 2. The van der Waals surface area contributed by atoms with Gasteiger partial charge in [0.25, 0.3) is 0 Å². The summed E-state index contributed by atoms with van der Waals surface area (Å²) >= 11 is 0. The number of para-hydroxylation sites is 1. The van der Waals surface area contributed by atoms with E-state index in [1.165, 1.54) is 6.07 Å². The number of nitrogen functional groups attached to an aromatic ring is 1. The van der Waals surface area contributed by atoms with Gasteiger partial charge < -0.3 is 15.4 Å². The Morgan fingerprint density at radius 3 is 2.61 bits per heavy atom. The van der Waals surface area contributed by atoms with Gasteiger partial charge in [0.1, 0.15) is 0 Å². The number of rotatable bonds is 6. The summed E-state index contributed by atoms with van der Waals surface area (Å²) in [7, 11) is -1.44. The molecule has 6 heteroatoms. The maximum absolute atomic E-state index is 11.6. The number of nitrogens with zero attached hydrogens (tertiary/aromatic N) is 1. The van der Waals surface area contributed by atoms with Crippen molar-refractivity contribution in [2.75, 3.05) is 43.7 Å². The lowest BCUT2D eigenvalue weighted by molar-refractivity contribution is 0.154. The van der Waals surface area contributed by atoms with E-state index in [2.05, 4.69) is 0 Å². The Morgan fingerprint density at radius 1 is 1.39 bits per heavy atom. The average Bonchev–Trinajstić information content (AvgIpc) is 2.28. The van der Waals surface area contributed by atoms with Crippen LogP contribution in [0.25, 0.3) is 0 Å².